The molecule has 0 amide bonds. The van der Waals surface area contributed by atoms with Crippen LogP contribution in [0.15, 0.2) is 48.5 Å². The minimum atomic E-state index is 0. The fourth-order valence-corrected chi connectivity index (χ4v) is 2.11. The third-order valence-electron chi connectivity index (χ3n) is 3.36. The van der Waals surface area contributed by atoms with Gasteiger partial charge in [-0.3, -0.25) is 0 Å². The summed E-state index contributed by atoms with van der Waals surface area (Å²) in [5.41, 5.74) is 4.70. The second kappa shape index (κ2) is 7.20. The molecule has 0 bridgehead atoms. The largest absolute Gasteiger partial charge is 0.209 e. The standard InChI is InChI=1S/C18H14.B.Y/c1-13-7-8-17(11-14(13)2)18-10-9-15-5-3-4-6-16(15)12-18;;/h3-10H,1-2H3;;/q-2;;. The van der Waals surface area contributed by atoms with Crippen LogP contribution in [0.5, 0.6) is 0 Å². The van der Waals surface area contributed by atoms with Crippen molar-refractivity contribution >= 4 is 19.2 Å². The van der Waals surface area contributed by atoms with Crippen LogP contribution in [0.1, 0.15) is 11.1 Å². The molecule has 0 saturated carbocycles. The third-order valence-corrected chi connectivity index (χ3v) is 3.36. The van der Waals surface area contributed by atoms with Crippen molar-refractivity contribution in [3.8, 4) is 11.1 Å². The van der Waals surface area contributed by atoms with E-state index in [1.165, 1.54) is 16.5 Å². The Hall–Kier alpha value is -0.911. The molecular formula is C18H14BY-2. The first-order chi connectivity index (χ1) is 8.74. The van der Waals surface area contributed by atoms with Gasteiger partial charge in [0.15, 0.2) is 0 Å². The van der Waals surface area contributed by atoms with Gasteiger partial charge in [0.25, 0.3) is 0 Å². The first-order valence-electron chi connectivity index (χ1n) is 6.15. The van der Waals surface area contributed by atoms with Gasteiger partial charge < -0.3 is 0 Å². The van der Waals surface area contributed by atoms with Crippen molar-refractivity contribution in [3.63, 3.8) is 0 Å². The van der Waals surface area contributed by atoms with E-state index in [0.29, 0.717) is 0 Å². The second-order valence-corrected chi connectivity index (χ2v) is 4.64. The molecule has 0 aliphatic heterocycles. The molecule has 0 spiro atoms. The average Bonchev–Trinajstić information content (AvgIpc) is 2.41. The number of benzene rings is 3. The smallest absolute Gasteiger partial charge is 0 e. The van der Waals surface area contributed by atoms with Crippen molar-refractivity contribution in [2.75, 3.05) is 0 Å². The second-order valence-electron chi connectivity index (χ2n) is 4.64. The van der Waals surface area contributed by atoms with E-state index >= 15 is 0 Å². The Balaban J connectivity index is 0.000001000. The maximum atomic E-state index is 3.46. The van der Waals surface area contributed by atoms with Gasteiger partial charge in [-0.05, 0) is 0 Å². The minimum Gasteiger partial charge on any atom is -0.209 e. The molecule has 0 unspecified atom stereocenters. The van der Waals surface area contributed by atoms with E-state index in [0.717, 1.165) is 16.5 Å². The minimum absolute atomic E-state index is 0. The van der Waals surface area contributed by atoms with E-state index in [1.807, 2.05) is 6.07 Å². The van der Waals surface area contributed by atoms with Crippen molar-refractivity contribution in [2.24, 2.45) is 0 Å². The zero-order chi connectivity index (χ0) is 12.5. The normalized spacial score (nSPS) is 9.70. The zero-order valence-electron chi connectivity index (χ0n) is 11.8. The summed E-state index contributed by atoms with van der Waals surface area (Å²) in [5, 5.41) is 2.38. The predicted octanol–water partition coefficient (Wildman–Crippen LogP) is 4.34. The van der Waals surface area contributed by atoms with E-state index < -0.39 is 0 Å². The van der Waals surface area contributed by atoms with Crippen molar-refractivity contribution in [1.82, 2.24) is 0 Å². The monoisotopic (exact) mass is 330 g/mol. The molecule has 0 heterocycles. The van der Waals surface area contributed by atoms with Crippen LogP contribution in [0.2, 0.25) is 0 Å². The maximum Gasteiger partial charge on any atom is 0 e. The van der Waals surface area contributed by atoms with Gasteiger partial charge in [-0.25, -0.2) is 5.56 Å². The molecule has 2 heteroatoms. The van der Waals surface area contributed by atoms with Crippen LogP contribution < -0.4 is 0 Å². The summed E-state index contributed by atoms with van der Waals surface area (Å²) < 4.78 is 0. The molecule has 0 atom stereocenters. The molecular weight excluding hydrogens is 316 g/mol. The predicted molar refractivity (Wildman–Crippen MR) is 82.3 cm³/mol. The molecule has 3 aromatic rings. The van der Waals surface area contributed by atoms with Crippen LogP contribution in [-0.2, 0) is 32.7 Å². The van der Waals surface area contributed by atoms with Gasteiger partial charge in [0.2, 0.25) is 0 Å². The Morgan fingerprint density at radius 1 is 0.750 bits per heavy atom. The van der Waals surface area contributed by atoms with E-state index in [2.05, 4.69) is 68.4 Å². The molecule has 0 aliphatic rings. The number of hydrogen-bond acceptors (Lipinski definition) is 0. The molecule has 4 radical (unpaired) electrons. The molecule has 0 aromatic heterocycles. The fourth-order valence-electron chi connectivity index (χ4n) is 2.11. The van der Waals surface area contributed by atoms with Crippen molar-refractivity contribution < 1.29 is 32.7 Å². The van der Waals surface area contributed by atoms with Crippen LogP contribution in [0, 0.1) is 26.0 Å². The zero-order valence-corrected chi connectivity index (χ0v) is 14.6. The molecule has 20 heavy (non-hydrogen) atoms. The van der Waals surface area contributed by atoms with Crippen LogP contribution in [-0.4, -0.2) is 8.41 Å². The number of hydrogen-bond donors (Lipinski definition) is 0. The molecule has 0 saturated heterocycles. The molecule has 0 fully saturated rings. The topological polar surface area (TPSA) is 0 Å². The summed E-state index contributed by atoms with van der Waals surface area (Å²) in [7, 11) is 0. The van der Waals surface area contributed by atoms with E-state index in [9.17, 15) is 0 Å². The van der Waals surface area contributed by atoms with E-state index in [4.69, 9.17) is 0 Å². The van der Waals surface area contributed by atoms with Gasteiger partial charge in [-0.2, -0.15) is 29.8 Å². The molecule has 0 aliphatic carbocycles. The van der Waals surface area contributed by atoms with Gasteiger partial charge >= 0.3 is 0 Å². The van der Waals surface area contributed by atoms with Gasteiger partial charge in [-0.15, -0.1) is 34.7 Å². The Morgan fingerprint density at radius 3 is 2.15 bits per heavy atom. The number of rotatable bonds is 1. The van der Waals surface area contributed by atoms with Crippen molar-refractivity contribution in [2.45, 2.75) is 13.8 Å². The van der Waals surface area contributed by atoms with Gasteiger partial charge in [0, 0.05) is 41.1 Å². The van der Waals surface area contributed by atoms with Crippen LogP contribution in [0.4, 0.5) is 0 Å². The van der Waals surface area contributed by atoms with Crippen LogP contribution in [0.25, 0.3) is 21.9 Å². The molecule has 94 valence electrons. The summed E-state index contributed by atoms with van der Waals surface area (Å²) in [5.74, 6) is 0. The molecule has 3 aromatic carbocycles. The van der Waals surface area contributed by atoms with Crippen molar-refractivity contribution in [1.29, 1.82) is 0 Å². The van der Waals surface area contributed by atoms with Gasteiger partial charge in [0.1, 0.15) is 0 Å². The van der Waals surface area contributed by atoms with Crippen molar-refractivity contribution in [3.05, 3.63) is 71.8 Å². The summed E-state index contributed by atoms with van der Waals surface area (Å²) in [6.45, 7) is 4.21. The Kier molecular flexibility index (Phi) is 6.17. The average molecular weight is 330 g/mol. The quantitative estimate of drug-likeness (QED) is 0.460. The summed E-state index contributed by atoms with van der Waals surface area (Å²) >= 11 is 0. The summed E-state index contributed by atoms with van der Waals surface area (Å²) in [6.07, 6.45) is 0. The van der Waals surface area contributed by atoms with E-state index in [-0.39, 0.29) is 41.1 Å². The van der Waals surface area contributed by atoms with Gasteiger partial charge in [-0.1, -0.05) is 37.4 Å². The Labute approximate surface area is 148 Å². The van der Waals surface area contributed by atoms with Crippen LogP contribution >= 0.6 is 0 Å². The summed E-state index contributed by atoms with van der Waals surface area (Å²) in [6, 6.07) is 23.7. The number of fused-ring (bicyclic) bond motifs is 1. The Bertz CT molecular complexity index is 719. The van der Waals surface area contributed by atoms with Gasteiger partial charge in [0.05, 0.1) is 0 Å². The maximum absolute atomic E-state index is 3.46. The first kappa shape index (κ1) is 17.1. The SMILES string of the molecule is Cc1[c-]c(-c2[c-]c3ccccc3cc2)ccc1C.[B].[Y]. The fraction of sp³-hybridized carbons (Fsp3) is 0.111. The molecule has 3 rings (SSSR count). The first-order valence-corrected chi connectivity index (χ1v) is 6.15. The number of aryl methyl sites for hydroxylation is 2. The molecule has 0 nitrogen and oxygen atoms in total. The van der Waals surface area contributed by atoms with Crippen LogP contribution in [0.3, 0.4) is 0 Å². The Morgan fingerprint density at radius 2 is 1.40 bits per heavy atom. The third kappa shape index (κ3) is 3.40. The molecule has 0 N–H and O–H groups in total. The van der Waals surface area contributed by atoms with E-state index in [1.54, 1.807) is 0 Å². The summed E-state index contributed by atoms with van der Waals surface area (Å²) in [4.78, 5) is 0.